The number of rotatable bonds is 2. The number of hydrogen-bond donors (Lipinski definition) is 2. The molecule has 0 saturated carbocycles. The number of benzene rings is 1. The molecule has 2 unspecified atom stereocenters. The molecule has 4 nitrogen and oxygen atoms in total. The molecule has 0 bridgehead atoms. The van der Waals surface area contributed by atoms with Gasteiger partial charge in [-0.3, -0.25) is 9.59 Å². The quantitative estimate of drug-likeness (QED) is 0.820. The van der Waals surface area contributed by atoms with E-state index in [1.165, 1.54) is 0 Å². The molecule has 17 heavy (non-hydrogen) atoms. The van der Waals surface area contributed by atoms with Crippen molar-refractivity contribution in [2.45, 2.75) is 20.3 Å². The van der Waals surface area contributed by atoms with Crippen molar-refractivity contribution >= 4 is 17.6 Å². The van der Waals surface area contributed by atoms with Crippen molar-refractivity contribution in [1.29, 1.82) is 0 Å². The molecule has 0 saturated heterocycles. The maximum Gasteiger partial charge on any atom is 0.307 e. The van der Waals surface area contributed by atoms with E-state index < -0.39 is 17.3 Å². The summed E-state index contributed by atoms with van der Waals surface area (Å²) >= 11 is 0. The molecule has 1 heterocycles. The average molecular weight is 233 g/mol. The van der Waals surface area contributed by atoms with Crippen LogP contribution in [0.3, 0.4) is 0 Å². The smallest absolute Gasteiger partial charge is 0.307 e. The monoisotopic (exact) mass is 233 g/mol. The Balaban J connectivity index is 2.40. The number of hydrogen-bond acceptors (Lipinski definition) is 2. The minimum atomic E-state index is -0.943. The summed E-state index contributed by atoms with van der Waals surface area (Å²) in [6.07, 6.45) is 0.461. The molecule has 1 aromatic carbocycles. The van der Waals surface area contributed by atoms with Crippen LogP contribution in [-0.2, 0) is 16.0 Å². The highest BCUT2D eigenvalue weighted by Crippen LogP contribution is 2.39. The van der Waals surface area contributed by atoms with E-state index in [4.69, 9.17) is 5.11 Å². The Morgan fingerprint density at radius 2 is 2.12 bits per heavy atom. The third-order valence-electron chi connectivity index (χ3n) is 3.67. The minimum absolute atomic E-state index is 0.217. The van der Waals surface area contributed by atoms with Crippen molar-refractivity contribution in [3.63, 3.8) is 0 Å². The Labute approximate surface area is 99.6 Å². The van der Waals surface area contributed by atoms with Crippen LogP contribution in [0.4, 0.5) is 5.69 Å². The first-order valence-corrected chi connectivity index (χ1v) is 5.57. The van der Waals surface area contributed by atoms with Gasteiger partial charge in [0.25, 0.3) is 0 Å². The average Bonchev–Trinajstić information content (AvgIpc) is 2.29. The summed E-state index contributed by atoms with van der Waals surface area (Å²) in [5, 5.41) is 11.9. The second-order valence-corrected chi connectivity index (χ2v) is 4.77. The van der Waals surface area contributed by atoms with Crippen molar-refractivity contribution in [3.8, 4) is 0 Å². The number of carbonyl (C=O) groups is 2. The number of fused-ring (bicyclic) bond motifs is 1. The van der Waals surface area contributed by atoms with E-state index in [1.807, 2.05) is 24.3 Å². The Kier molecular flexibility index (Phi) is 2.65. The lowest BCUT2D eigenvalue weighted by molar-refractivity contribution is -0.150. The Hall–Kier alpha value is -1.84. The second kappa shape index (κ2) is 3.87. The van der Waals surface area contributed by atoms with Gasteiger partial charge in [0.05, 0.1) is 11.3 Å². The standard InChI is InChI=1S/C13H15NO3/c1-8(11(15)16)13(2)7-9-5-3-4-6-10(9)14-12(13)17/h3-6,8H,7H2,1-2H3,(H,14,17)(H,15,16). The molecule has 0 fully saturated rings. The van der Waals surface area contributed by atoms with Gasteiger partial charge >= 0.3 is 5.97 Å². The van der Waals surface area contributed by atoms with Crippen LogP contribution in [0.2, 0.25) is 0 Å². The predicted octanol–water partition coefficient (Wildman–Crippen LogP) is 1.91. The van der Waals surface area contributed by atoms with Crippen molar-refractivity contribution < 1.29 is 14.7 Å². The summed E-state index contributed by atoms with van der Waals surface area (Å²) in [6.45, 7) is 3.28. The third kappa shape index (κ3) is 1.79. The summed E-state index contributed by atoms with van der Waals surface area (Å²) < 4.78 is 0. The fourth-order valence-corrected chi connectivity index (χ4v) is 2.16. The van der Waals surface area contributed by atoms with E-state index in [0.29, 0.717) is 6.42 Å². The molecule has 1 amide bonds. The molecule has 0 aliphatic carbocycles. The highest BCUT2D eigenvalue weighted by atomic mass is 16.4. The zero-order valence-electron chi connectivity index (χ0n) is 9.86. The van der Waals surface area contributed by atoms with Gasteiger partial charge in [0.2, 0.25) is 5.91 Å². The number of nitrogens with one attached hydrogen (secondary N) is 1. The molecule has 0 radical (unpaired) electrons. The predicted molar refractivity (Wildman–Crippen MR) is 63.7 cm³/mol. The highest BCUT2D eigenvalue weighted by molar-refractivity contribution is 6.00. The van der Waals surface area contributed by atoms with Crippen molar-refractivity contribution in [2.75, 3.05) is 5.32 Å². The van der Waals surface area contributed by atoms with Gasteiger partial charge in [0.1, 0.15) is 0 Å². The molecule has 1 aromatic rings. The van der Waals surface area contributed by atoms with Crippen LogP contribution in [0.1, 0.15) is 19.4 Å². The zero-order valence-corrected chi connectivity index (χ0v) is 9.86. The van der Waals surface area contributed by atoms with Gasteiger partial charge in [-0.05, 0) is 25.0 Å². The number of amides is 1. The third-order valence-corrected chi connectivity index (χ3v) is 3.67. The molecule has 1 aliphatic rings. The summed E-state index contributed by atoms with van der Waals surface area (Å²) in [6, 6.07) is 7.49. The summed E-state index contributed by atoms with van der Waals surface area (Å²) in [5.41, 5.74) is 0.885. The van der Waals surface area contributed by atoms with Gasteiger partial charge in [-0.1, -0.05) is 25.1 Å². The van der Waals surface area contributed by atoms with Crippen LogP contribution < -0.4 is 5.32 Å². The highest BCUT2D eigenvalue weighted by Gasteiger charge is 2.45. The van der Waals surface area contributed by atoms with Crippen LogP contribution >= 0.6 is 0 Å². The van der Waals surface area contributed by atoms with E-state index in [0.717, 1.165) is 11.3 Å². The molecule has 1 aliphatic heterocycles. The van der Waals surface area contributed by atoms with Gasteiger partial charge in [0, 0.05) is 5.69 Å². The fourth-order valence-electron chi connectivity index (χ4n) is 2.16. The number of aliphatic carboxylic acids is 1. The zero-order chi connectivity index (χ0) is 12.6. The maximum absolute atomic E-state index is 12.1. The minimum Gasteiger partial charge on any atom is -0.481 e. The first-order valence-electron chi connectivity index (χ1n) is 5.57. The normalized spacial score (nSPS) is 24.7. The molecule has 0 spiro atoms. The van der Waals surface area contributed by atoms with Crippen molar-refractivity contribution in [2.24, 2.45) is 11.3 Å². The summed E-state index contributed by atoms with van der Waals surface area (Å²) in [7, 11) is 0. The van der Waals surface area contributed by atoms with Gasteiger partial charge in [0.15, 0.2) is 0 Å². The van der Waals surface area contributed by atoms with E-state index in [-0.39, 0.29) is 5.91 Å². The van der Waals surface area contributed by atoms with Gasteiger partial charge in [-0.25, -0.2) is 0 Å². The van der Waals surface area contributed by atoms with Gasteiger partial charge < -0.3 is 10.4 Å². The number of para-hydroxylation sites is 1. The molecular weight excluding hydrogens is 218 g/mol. The Morgan fingerprint density at radius 3 is 2.76 bits per heavy atom. The van der Waals surface area contributed by atoms with E-state index in [2.05, 4.69) is 5.32 Å². The van der Waals surface area contributed by atoms with Crippen molar-refractivity contribution in [3.05, 3.63) is 29.8 Å². The number of anilines is 1. The fraction of sp³-hybridized carbons (Fsp3) is 0.385. The van der Waals surface area contributed by atoms with Gasteiger partial charge in [-0.15, -0.1) is 0 Å². The first kappa shape index (κ1) is 11.6. The molecule has 2 rings (SSSR count). The molecule has 90 valence electrons. The SMILES string of the molecule is CC(C(=O)O)C1(C)Cc2ccccc2NC1=O. The van der Waals surface area contributed by atoms with Crippen LogP contribution in [0, 0.1) is 11.3 Å². The number of carbonyl (C=O) groups excluding carboxylic acids is 1. The lowest BCUT2D eigenvalue weighted by Gasteiger charge is -2.36. The lowest BCUT2D eigenvalue weighted by Crippen LogP contribution is -2.46. The van der Waals surface area contributed by atoms with Crippen LogP contribution in [0.15, 0.2) is 24.3 Å². The maximum atomic E-state index is 12.1. The van der Waals surface area contributed by atoms with Crippen LogP contribution in [0.25, 0.3) is 0 Å². The second-order valence-electron chi connectivity index (χ2n) is 4.77. The molecular formula is C13H15NO3. The number of carboxylic acid groups (broad SMARTS) is 1. The first-order chi connectivity index (χ1) is 7.95. The largest absolute Gasteiger partial charge is 0.481 e. The van der Waals surface area contributed by atoms with Crippen LogP contribution in [-0.4, -0.2) is 17.0 Å². The molecule has 2 N–H and O–H groups in total. The molecule has 2 atom stereocenters. The summed E-state index contributed by atoms with van der Waals surface area (Å²) in [5.74, 6) is -1.87. The van der Waals surface area contributed by atoms with Gasteiger partial charge in [-0.2, -0.15) is 0 Å². The van der Waals surface area contributed by atoms with E-state index >= 15 is 0 Å². The Morgan fingerprint density at radius 1 is 1.47 bits per heavy atom. The Bertz CT molecular complexity index is 483. The topological polar surface area (TPSA) is 66.4 Å². The molecule has 4 heteroatoms. The van der Waals surface area contributed by atoms with E-state index in [1.54, 1.807) is 13.8 Å². The van der Waals surface area contributed by atoms with E-state index in [9.17, 15) is 9.59 Å². The number of carboxylic acids is 1. The summed E-state index contributed by atoms with van der Waals surface area (Å²) in [4.78, 5) is 23.1. The van der Waals surface area contributed by atoms with Crippen LogP contribution in [0.5, 0.6) is 0 Å². The molecule has 0 aromatic heterocycles. The van der Waals surface area contributed by atoms with Crippen molar-refractivity contribution in [1.82, 2.24) is 0 Å². The lowest BCUT2D eigenvalue weighted by atomic mass is 9.70.